The van der Waals surface area contributed by atoms with Gasteiger partial charge in [0, 0.05) is 5.69 Å². The maximum Gasteiger partial charge on any atom is 0.326 e. The Kier molecular flexibility index (Phi) is 9.65. The molecule has 0 bridgehead atoms. The predicted octanol–water partition coefficient (Wildman–Crippen LogP) is 4.23. The first-order valence-corrected chi connectivity index (χ1v) is 13.1. The van der Waals surface area contributed by atoms with E-state index in [4.69, 9.17) is 9.47 Å². The lowest BCUT2D eigenvalue weighted by atomic mass is 10.0. The van der Waals surface area contributed by atoms with Crippen LogP contribution in [0.1, 0.15) is 36.5 Å². The second-order valence-electron chi connectivity index (χ2n) is 9.29. The van der Waals surface area contributed by atoms with Crippen molar-refractivity contribution in [1.29, 1.82) is 0 Å². The highest BCUT2D eigenvalue weighted by molar-refractivity contribution is 6.02. The molecule has 3 aromatic rings. The number of esters is 2. The number of rotatable bonds is 11. The molecule has 198 valence electrons. The van der Waals surface area contributed by atoms with Crippen molar-refractivity contribution in [2.75, 3.05) is 18.1 Å². The number of anilines is 1. The number of carbonyl (C=O) groups is 3. The molecule has 2 unspecified atom stereocenters. The van der Waals surface area contributed by atoms with E-state index in [1.165, 1.54) is 4.90 Å². The van der Waals surface area contributed by atoms with Gasteiger partial charge >= 0.3 is 11.9 Å². The summed E-state index contributed by atoms with van der Waals surface area (Å²) in [6.45, 7) is 1.94. The number of hydrogen-bond acceptors (Lipinski definition) is 6. The van der Waals surface area contributed by atoms with Gasteiger partial charge in [-0.3, -0.25) is 24.6 Å². The summed E-state index contributed by atoms with van der Waals surface area (Å²) in [4.78, 5) is 41.0. The predicted molar refractivity (Wildman–Crippen MR) is 145 cm³/mol. The Morgan fingerprint density at radius 3 is 2.29 bits per heavy atom. The van der Waals surface area contributed by atoms with E-state index >= 15 is 0 Å². The van der Waals surface area contributed by atoms with Crippen LogP contribution in [0.2, 0.25) is 0 Å². The summed E-state index contributed by atoms with van der Waals surface area (Å²) >= 11 is 0. The van der Waals surface area contributed by atoms with Gasteiger partial charge in [-0.05, 0) is 55.4 Å². The van der Waals surface area contributed by atoms with Crippen LogP contribution in [0.5, 0.6) is 0 Å². The first-order valence-electron chi connectivity index (χ1n) is 13.1. The lowest BCUT2D eigenvalue weighted by molar-refractivity contribution is -0.147. The minimum absolute atomic E-state index is 0.134. The van der Waals surface area contributed by atoms with E-state index in [1.807, 2.05) is 84.9 Å². The number of nitrogens with one attached hydrogen (secondary N) is 1. The van der Waals surface area contributed by atoms with Crippen LogP contribution < -0.4 is 10.2 Å². The van der Waals surface area contributed by atoms with Crippen molar-refractivity contribution in [3.8, 4) is 0 Å². The highest BCUT2D eigenvalue weighted by atomic mass is 16.5. The number of aryl methyl sites for hydroxylation is 2. The summed E-state index contributed by atoms with van der Waals surface area (Å²) in [5.74, 6) is -1.14. The van der Waals surface area contributed by atoms with Crippen LogP contribution in [0.4, 0.5) is 5.69 Å². The number of ether oxygens (including phenoxy) is 2. The normalized spacial score (nSPS) is 15.8. The Morgan fingerprint density at radius 2 is 1.58 bits per heavy atom. The zero-order chi connectivity index (χ0) is 26.7. The fourth-order valence-electron chi connectivity index (χ4n) is 4.66. The van der Waals surface area contributed by atoms with Gasteiger partial charge in [0.25, 0.3) is 0 Å². The molecule has 7 nitrogen and oxygen atoms in total. The molecule has 1 heterocycles. The van der Waals surface area contributed by atoms with Crippen molar-refractivity contribution in [3.05, 3.63) is 102 Å². The van der Waals surface area contributed by atoms with Gasteiger partial charge in [-0.15, -0.1) is 0 Å². The zero-order valence-electron chi connectivity index (χ0n) is 21.7. The van der Waals surface area contributed by atoms with Crippen LogP contribution >= 0.6 is 0 Å². The van der Waals surface area contributed by atoms with Crippen molar-refractivity contribution in [2.45, 2.75) is 51.3 Å². The largest absolute Gasteiger partial charge is 0.465 e. The SMILES string of the molecule is CCOC(=O)C(CCc1ccccc1)NC1CCc2ccccc2N(CC(=O)OCc2ccccc2)C1=O. The van der Waals surface area contributed by atoms with Gasteiger partial charge < -0.3 is 9.47 Å². The van der Waals surface area contributed by atoms with E-state index in [1.54, 1.807) is 6.92 Å². The lowest BCUT2D eigenvalue weighted by Crippen LogP contribution is -2.53. The molecular formula is C31H34N2O5. The molecule has 0 spiro atoms. The van der Waals surface area contributed by atoms with E-state index in [2.05, 4.69) is 5.32 Å². The molecule has 1 aliphatic heterocycles. The van der Waals surface area contributed by atoms with Crippen molar-refractivity contribution >= 4 is 23.5 Å². The van der Waals surface area contributed by atoms with Crippen molar-refractivity contribution < 1.29 is 23.9 Å². The summed E-state index contributed by atoms with van der Waals surface area (Å²) in [5, 5.41) is 3.28. The number of para-hydroxylation sites is 1. The van der Waals surface area contributed by atoms with Crippen LogP contribution in [0.3, 0.4) is 0 Å². The van der Waals surface area contributed by atoms with Crippen LogP contribution in [-0.2, 0) is 43.3 Å². The third-order valence-corrected chi connectivity index (χ3v) is 6.62. The summed E-state index contributed by atoms with van der Waals surface area (Å²) in [7, 11) is 0. The second-order valence-corrected chi connectivity index (χ2v) is 9.29. The Bertz CT molecular complexity index is 1220. The van der Waals surface area contributed by atoms with Crippen molar-refractivity contribution in [3.63, 3.8) is 0 Å². The number of amides is 1. The molecule has 4 rings (SSSR count). The molecule has 0 aliphatic carbocycles. The van der Waals surface area contributed by atoms with Crippen molar-refractivity contribution in [1.82, 2.24) is 5.32 Å². The van der Waals surface area contributed by atoms with E-state index < -0.39 is 18.1 Å². The highest BCUT2D eigenvalue weighted by Crippen LogP contribution is 2.27. The van der Waals surface area contributed by atoms with Crippen LogP contribution in [0, 0.1) is 0 Å². The van der Waals surface area contributed by atoms with Gasteiger partial charge in [-0.2, -0.15) is 0 Å². The second kappa shape index (κ2) is 13.5. The van der Waals surface area contributed by atoms with Gasteiger partial charge in [-0.25, -0.2) is 0 Å². The average molecular weight is 515 g/mol. The fraction of sp³-hybridized carbons (Fsp3) is 0.323. The minimum Gasteiger partial charge on any atom is -0.465 e. The smallest absolute Gasteiger partial charge is 0.326 e. The maximum absolute atomic E-state index is 13.8. The Morgan fingerprint density at radius 1 is 0.921 bits per heavy atom. The average Bonchev–Trinajstić information content (AvgIpc) is 3.07. The quantitative estimate of drug-likeness (QED) is 0.386. The standard InChI is InChI=1S/C31H34N2O5/c1-2-37-31(36)27(19-17-23-11-5-3-6-12-23)32-26-20-18-25-15-9-10-16-28(25)33(30(26)35)21-29(34)38-22-24-13-7-4-8-14-24/h3-16,26-27,32H,2,17-22H2,1H3. The molecule has 38 heavy (non-hydrogen) atoms. The van der Waals surface area contributed by atoms with Gasteiger partial charge in [0.15, 0.2) is 0 Å². The molecule has 0 saturated heterocycles. The molecule has 0 fully saturated rings. The number of benzene rings is 3. The molecule has 1 N–H and O–H groups in total. The van der Waals surface area contributed by atoms with E-state index in [-0.39, 0.29) is 31.6 Å². The third-order valence-electron chi connectivity index (χ3n) is 6.62. The Balaban J connectivity index is 1.49. The maximum atomic E-state index is 13.8. The molecule has 2 atom stereocenters. The lowest BCUT2D eigenvalue weighted by Gasteiger charge is -2.28. The summed E-state index contributed by atoms with van der Waals surface area (Å²) in [6.07, 6.45) is 2.27. The molecular weight excluding hydrogens is 480 g/mol. The van der Waals surface area contributed by atoms with Crippen LogP contribution in [-0.4, -0.2) is 43.1 Å². The Labute approximate surface area is 223 Å². The third kappa shape index (κ3) is 7.29. The first kappa shape index (κ1) is 27.1. The van der Waals surface area contributed by atoms with E-state index in [0.29, 0.717) is 31.4 Å². The highest BCUT2D eigenvalue weighted by Gasteiger charge is 2.34. The molecule has 1 aliphatic rings. The monoisotopic (exact) mass is 514 g/mol. The molecule has 0 radical (unpaired) electrons. The van der Waals surface area contributed by atoms with Gasteiger partial charge in [0.1, 0.15) is 19.2 Å². The Hall–Kier alpha value is -3.97. The van der Waals surface area contributed by atoms with E-state index in [9.17, 15) is 14.4 Å². The number of carbonyl (C=O) groups excluding carboxylic acids is 3. The zero-order valence-corrected chi connectivity index (χ0v) is 21.7. The van der Waals surface area contributed by atoms with Gasteiger partial charge in [0.2, 0.25) is 5.91 Å². The number of hydrogen-bond donors (Lipinski definition) is 1. The number of fused-ring (bicyclic) bond motifs is 1. The van der Waals surface area contributed by atoms with Gasteiger partial charge in [0.05, 0.1) is 12.6 Å². The summed E-state index contributed by atoms with van der Waals surface area (Å²) in [5.41, 5.74) is 3.64. The van der Waals surface area contributed by atoms with Crippen molar-refractivity contribution in [2.24, 2.45) is 0 Å². The molecule has 7 heteroatoms. The summed E-state index contributed by atoms with van der Waals surface area (Å²) in [6, 6.07) is 25.6. The minimum atomic E-state index is -0.658. The topological polar surface area (TPSA) is 84.9 Å². The number of nitrogens with zero attached hydrogens (tertiary/aromatic N) is 1. The van der Waals surface area contributed by atoms with Gasteiger partial charge in [-0.1, -0.05) is 78.9 Å². The molecule has 3 aromatic carbocycles. The molecule has 0 saturated carbocycles. The fourth-order valence-corrected chi connectivity index (χ4v) is 4.66. The molecule has 0 aromatic heterocycles. The van der Waals surface area contributed by atoms with Crippen LogP contribution in [0.25, 0.3) is 0 Å². The first-order chi connectivity index (χ1) is 18.5. The van der Waals surface area contributed by atoms with Crippen LogP contribution in [0.15, 0.2) is 84.9 Å². The molecule has 1 amide bonds. The summed E-state index contributed by atoms with van der Waals surface area (Å²) < 4.78 is 10.8. The van der Waals surface area contributed by atoms with E-state index in [0.717, 1.165) is 16.7 Å².